The van der Waals surface area contributed by atoms with Gasteiger partial charge in [-0.15, -0.1) is 0 Å². The third-order valence-corrected chi connectivity index (χ3v) is 1.60. The molecule has 0 aliphatic heterocycles. The van der Waals surface area contributed by atoms with Gasteiger partial charge in [-0.3, -0.25) is 0 Å². The van der Waals surface area contributed by atoms with E-state index in [1.807, 2.05) is 12.1 Å². The smallest absolute Gasteiger partial charge is 0.0307 e. The predicted molar refractivity (Wildman–Crippen MR) is 41.5 cm³/mol. The van der Waals surface area contributed by atoms with Gasteiger partial charge in [-0.1, -0.05) is 31.2 Å². The average molecular weight is 137 g/mol. The molecule has 0 unspecified atom stereocenters. The van der Waals surface area contributed by atoms with Crippen LogP contribution in [0.15, 0.2) is 29.2 Å². The molecule has 0 atom stereocenters. The lowest BCUT2D eigenvalue weighted by Crippen LogP contribution is -1.77. The Hall–Kier alpha value is -0.560. The third kappa shape index (κ3) is 1.68. The number of rotatable bonds is 1. The first-order valence-corrected chi connectivity index (χ1v) is 3.49. The van der Waals surface area contributed by atoms with E-state index in [1.54, 1.807) is 0 Å². The van der Waals surface area contributed by atoms with E-state index in [0.717, 1.165) is 11.3 Å². The highest BCUT2D eigenvalue weighted by atomic mass is 32.1. The van der Waals surface area contributed by atoms with Crippen molar-refractivity contribution in [3.05, 3.63) is 29.8 Å². The highest BCUT2D eigenvalue weighted by Gasteiger charge is 1.81. The summed E-state index contributed by atoms with van der Waals surface area (Å²) in [7, 11) is 0. The Morgan fingerprint density at radius 2 is 1.78 bits per heavy atom. The normalized spacial score (nSPS) is 9.44. The van der Waals surface area contributed by atoms with Crippen LogP contribution in [0.25, 0.3) is 0 Å². The van der Waals surface area contributed by atoms with Gasteiger partial charge in [0.15, 0.2) is 0 Å². The van der Waals surface area contributed by atoms with Crippen molar-refractivity contribution in [1.29, 1.82) is 0 Å². The molecule has 0 saturated carbocycles. The van der Waals surface area contributed by atoms with Gasteiger partial charge in [0.1, 0.15) is 0 Å². The standard InChI is InChI=1S/C8H10S/c1-2-7-3-5-8(9)6-4-7/h3-6,9H,2H2,1H3/p-1. The quantitative estimate of drug-likeness (QED) is 0.534. The maximum atomic E-state index is 4.92. The van der Waals surface area contributed by atoms with Crippen LogP contribution in [0.5, 0.6) is 0 Å². The fourth-order valence-electron chi connectivity index (χ4n) is 0.725. The van der Waals surface area contributed by atoms with Gasteiger partial charge in [0, 0.05) is 0 Å². The molecule has 0 aliphatic carbocycles. The highest BCUT2D eigenvalue weighted by molar-refractivity contribution is 7.58. The van der Waals surface area contributed by atoms with Crippen molar-refractivity contribution in [2.45, 2.75) is 18.2 Å². The summed E-state index contributed by atoms with van der Waals surface area (Å²) < 4.78 is 0. The van der Waals surface area contributed by atoms with Crippen LogP contribution in [0.2, 0.25) is 0 Å². The van der Waals surface area contributed by atoms with Crippen LogP contribution >= 0.6 is 0 Å². The average Bonchev–Trinajstić information content (AvgIpc) is 1.90. The Labute approximate surface area is 61.3 Å². The Bertz CT molecular complexity index is 176. The van der Waals surface area contributed by atoms with E-state index < -0.39 is 0 Å². The van der Waals surface area contributed by atoms with Crippen molar-refractivity contribution in [2.24, 2.45) is 0 Å². The molecule has 0 N–H and O–H groups in total. The van der Waals surface area contributed by atoms with Crippen LogP contribution < -0.4 is 0 Å². The summed E-state index contributed by atoms with van der Waals surface area (Å²) in [6, 6.07) is 8.08. The second-order valence-electron chi connectivity index (χ2n) is 2.00. The van der Waals surface area contributed by atoms with E-state index in [2.05, 4.69) is 19.1 Å². The van der Waals surface area contributed by atoms with Crippen molar-refractivity contribution >= 4 is 12.6 Å². The van der Waals surface area contributed by atoms with Crippen molar-refractivity contribution in [3.8, 4) is 0 Å². The predicted octanol–water partition coefficient (Wildman–Crippen LogP) is 2.15. The number of hydrogen-bond donors (Lipinski definition) is 0. The number of benzene rings is 1. The molecule has 0 radical (unpaired) electrons. The second kappa shape index (κ2) is 2.83. The summed E-state index contributed by atoms with van der Waals surface area (Å²) in [6.07, 6.45) is 1.09. The summed E-state index contributed by atoms with van der Waals surface area (Å²) in [6.45, 7) is 2.14. The van der Waals surface area contributed by atoms with Crippen LogP contribution in [0, 0.1) is 0 Å². The minimum absolute atomic E-state index is 0.923. The zero-order valence-electron chi connectivity index (χ0n) is 5.42. The first kappa shape index (κ1) is 6.56. The maximum absolute atomic E-state index is 4.92. The van der Waals surface area contributed by atoms with E-state index in [4.69, 9.17) is 12.6 Å². The zero-order valence-corrected chi connectivity index (χ0v) is 6.24. The summed E-state index contributed by atoms with van der Waals surface area (Å²) >= 11 is 4.92. The topological polar surface area (TPSA) is 0 Å². The fraction of sp³-hybridized carbons (Fsp3) is 0.250. The Morgan fingerprint density at radius 3 is 2.22 bits per heavy atom. The summed E-state index contributed by atoms with van der Waals surface area (Å²) in [4.78, 5) is 0.923. The molecule has 48 valence electrons. The van der Waals surface area contributed by atoms with Crippen molar-refractivity contribution in [1.82, 2.24) is 0 Å². The lowest BCUT2D eigenvalue weighted by atomic mass is 10.2. The molecule has 9 heavy (non-hydrogen) atoms. The molecule has 0 aliphatic rings. The molecule has 1 rings (SSSR count). The van der Waals surface area contributed by atoms with E-state index in [1.165, 1.54) is 5.56 Å². The van der Waals surface area contributed by atoms with Crippen LogP contribution in [-0.2, 0) is 19.0 Å². The van der Waals surface area contributed by atoms with Crippen LogP contribution in [0.4, 0.5) is 0 Å². The molecule has 0 saturated heterocycles. The molecular formula is C8H9S-. The minimum atomic E-state index is 0.923. The fourth-order valence-corrected chi connectivity index (χ4v) is 0.861. The lowest BCUT2D eigenvalue weighted by molar-refractivity contribution is 1.13. The first-order chi connectivity index (χ1) is 4.33. The van der Waals surface area contributed by atoms with Gasteiger partial charge in [-0.05, 0) is 12.0 Å². The highest BCUT2D eigenvalue weighted by Crippen LogP contribution is 2.02. The maximum Gasteiger partial charge on any atom is -0.0307 e. The molecule has 1 aromatic rings. The van der Waals surface area contributed by atoms with E-state index in [-0.39, 0.29) is 0 Å². The molecule has 0 amide bonds. The number of aryl methyl sites for hydroxylation is 1. The van der Waals surface area contributed by atoms with Crippen LogP contribution in [-0.4, -0.2) is 0 Å². The van der Waals surface area contributed by atoms with E-state index in [0.29, 0.717) is 0 Å². The number of hydrogen-bond acceptors (Lipinski definition) is 1. The van der Waals surface area contributed by atoms with Crippen molar-refractivity contribution < 1.29 is 0 Å². The summed E-state index contributed by atoms with van der Waals surface area (Å²) in [5.74, 6) is 0. The largest absolute Gasteiger partial charge is 0.780 e. The Balaban J connectivity index is 2.88. The Morgan fingerprint density at radius 1 is 1.22 bits per heavy atom. The molecule has 0 heterocycles. The van der Waals surface area contributed by atoms with Gasteiger partial charge in [0.2, 0.25) is 0 Å². The van der Waals surface area contributed by atoms with Gasteiger partial charge >= 0.3 is 0 Å². The lowest BCUT2D eigenvalue weighted by Gasteiger charge is -2.03. The molecular weight excluding hydrogens is 128 g/mol. The summed E-state index contributed by atoms with van der Waals surface area (Å²) in [5.41, 5.74) is 1.35. The molecule has 0 nitrogen and oxygen atoms in total. The van der Waals surface area contributed by atoms with Gasteiger partial charge in [0.05, 0.1) is 0 Å². The van der Waals surface area contributed by atoms with E-state index in [9.17, 15) is 0 Å². The van der Waals surface area contributed by atoms with Gasteiger partial charge in [-0.25, -0.2) is 0 Å². The molecule has 1 aromatic carbocycles. The van der Waals surface area contributed by atoms with E-state index >= 15 is 0 Å². The van der Waals surface area contributed by atoms with Gasteiger partial charge in [-0.2, -0.15) is 4.90 Å². The minimum Gasteiger partial charge on any atom is -0.780 e. The van der Waals surface area contributed by atoms with Crippen molar-refractivity contribution in [3.63, 3.8) is 0 Å². The van der Waals surface area contributed by atoms with Crippen molar-refractivity contribution in [2.75, 3.05) is 0 Å². The molecule has 0 fully saturated rings. The zero-order chi connectivity index (χ0) is 6.69. The van der Waals surface area contributed by atoms with Gasteiger partial charge in [0.25, 0.3) is 0 Å². The SMILES string of the molecule is CCc1ccc([S-])cc1. The monoisotopic (exact) mass is 137 g/mol. The first-order valence-electron chi connectivity index (χ1n) is 3.09. The van der Waals surface area contributed by atoms with Crippen LogP contribution in [0.1, 0.15) is 12.5 Å². The third-order valence-electron chi connectivity index (χ3n) is 1.33. The molecule has 0 spiro atoms. The second-order valence-corrected chi connectivity index (χ2v) is 2.47. The Kier molecular flexibility index (Phi) is 2.06. The summed E-state index contributed by atoms with van der Waals surface area (Å²) in [5, 5.41) is 0. The molecule has 0 aromatic heterocycles. The molecule has 1 heteroatoms. The van der Waals surface area contributed by atoms with Gasteiger partial charge < -0.3 is 12.6 Å². The van der Waals surface area contributed by atoms with Crippen LogP contribution in [0.3, 0.4) is 0 Å². The molecule has 0 bridgehead atoms.